The Bertz CT molecular complexity index is 1190. The summed E-state index contributed by atoms with van der Waals surface area (Å²) in [5.74, 6) is -1.43. The van der Waals surface area contributed by atoms with Gasteiger partial charge in [-0.05, 0) is 69.7 Å². The molecule has 41 heavy (non-hydrogen) atoms. The van der Waals surface area contributed by atoms with Crippen molar-refractivity contribution in [2.75, 3.05) is 26.2 Å². The van der Waals surface area contributed by atoms with Crippen LogP contribution in [0.1, 0.15) is 64.5 Å². The fourth-order valence-electron chi connectivity index (χ4n) is 4.60. The summed E-state index contributed by atoms with van der Waals surface area (Å²) in [4.78, 5) is 56.3. The van der Waals surface area contributed by atoms with Crippen molar-refractivity contribution >= 4 is 24.2 Å². The average Bonchev–Trinajstić information content (AvgIpc) is 3.24. The van der Waals surface area contributed by atoms with Crippen LogP contribution in [0.5, 0.6) is 0 Å². The number of alkyl carbamates (subject to hydrolysis) is 1. The largest absolute Gasteiger partial charge is 0.480 e. The van der Waals surface area contributed by atoms with E-state index in [1.54, 1.807) is 34.6 Å². The summed E-state index contributed by atoms with van der Waals surface area (Å²) in [6.07, 6.45) is -2.44. The summed E-state index contributed by atoms with van der Waals surface area (Å²) in [5, 5.41) is 12.9. The molecule has 11 nitrogen and oxygen atoms in total. The van der Waals surface area contributed by atoms with Gasteiger partial charge in [0.15, 0.2) is 0 Å². The Morgan fingerprint density at radius 1 is 0.927 bits per heavy atom. The second-order valence-corrected chi connectivity index (χ2v) is 10.6. The van der Waals surface area contributed by atoms with E-state index in [4.69, 9.17) is 14.3 Å². The highest BCUT2D eigenvalue weighted by molar-refractivity contribution is 5.81. The van der Waals surface area contributed by atoms with E-state index in [1.807, 2.05) is 48.5 Å². The zero-order valence-corrected chi connectivity index (χ0v) is 24.2. The Hall–Kier alpha value is -4.28. The summed E-state index contributed by atoms with van der Waals surface area (Å²) in [6, 6.07) is 14.5. The number of ether oxygens (including phenoxy) is 2. The molecule has 1 atom stereocenters. The first-order valence-corrected chi connectivity index (χ1v) is 13.8. The lowest BCUT2D eigenvalue weighted by Crippen LogP contribution is -2.44. The quantitative estimate of drug-likeness (QED) is 0.364. The predicted molar refractivity (Wildman–Crippen MR) is 151 cm³/mol. The third-order valence-corrected chi connectivity index (χ3v) is 6.59. The number of hydrogen-bond donors (Lipinski definition) is 2. The number of benzene rings is 2. The highest BCUT2D eigenvalue weighted by atomic mass is 16.8. The third kappa shape index (κ3) is 8.36. The van der Waals surface area contributed by atoms with Crippen LogP contribution < -0.4 is 5.32 Å². The number of nitrogens with zero attached hydrogens (tertiary/aromatic N) is 2. The molecule has 0 bridgehead atoms. The lowest BCUT2D eigenvalue weighted by Gasteiger charge is -2.28. The third-order valence-electron chi connectivity index (χ3n) is 6.59. The molecular weight excluding hydrogens is 530 g/mol. The highest BCUT2D eigenvalue weighted by Gasteiger charge is 2.31. The van der Waals surface area contributed by atoms with Gasteiger partial charge < -0.3 is 29.6 Å². The molecule has 222 valence electrons. The van der Waals surface area contributed by atoms with Gasteiger partial charge >= 0.3 is 24.2 Å². The maximum Gasteiger partial charge on any atom is 0.443 e. The first-order chi connectivity index (χ1) is 19.4. The van der Waals surface area contributed by atoms with Gasteiger partial charge in [-0.25, -0.2) is 19.2 Å². The molecule has 3 rings (SSSR count). The first-order valence-electron chi connectivity index (χ1n) is 13.8. The molecular formula is C30H39N3O8. The number of carbonyl (C=O) groups excluding carboxylic acids is 3. The predicted octanol–water partition coefficient (Wildman–Crippen LogP) is 5.39. The van der Waals surface area contributed by atoms with Gasteiger partial charge in [0, 0.05) is 19.0 Å². The van der Waals surface area contributed by atoms with Crippen LogP contribution in [0.4, 0.5) is 14.4 Å². The molecule has 0 saturated heterocycles. The first kappa shape index (κ1) is 31.3. The van der Waals surface area contributed by atoms with Gasteiger partial charge in [-0.1, -0.05) is 48.5 Å². The standard InChI is InChI=1S/C30H39N3O8/c1-6-32(7-2)28(37)41-33(29(38)40-30(3,4)5)18-12-17-25(26(34)35)31-27(36)39-19-24-22-15-10-8-13-20(22)21-14-9-11-16-23(21)24/h8-11,13-16,24-25H,6-7,12,17-19H2,1-5H3,(H,31,36)(H,34,35)/t25-/m0/s1. The molecule has 3 amide bonds. The van der Waals surface area contributed by atoms with Crippen LogP contribution in [0.15, 0.2) is 48.5 Å². The van der Waals surface area contributed by atoms with Crippen LogP contribution in [-0.2, 0) is 19.1 Å². The summed E-state index contributed by atoms with van der Waals surface area (Å²) in [7, 11) is 0. The number of carboxylic acids is 1. The van der Waals surface area contributed by atoms with Crippen LogP contribution in [-0.4, -0.2) is 77.2 Å². The molecule has 0 spiro atoms. The van der Waals surface area contributed by atoms with Crippen molar-refractivity contribution in [3.8, 4) is 11.1 Å². The number of rotatable bonds is 10. The van der Waals surface area contributed by atoms with E-state index in [-0.39, 0.29) is 31.9 Å². The van der Waals surface area contributed by atoms with Crippen molar-refractivity contribution in [3.63, 3.8) is 0 Å². The summed E-state index contributed by atoms with van der Waals surface area (Å²) in [5.41, 5.74) is 3.40. The van der Waals surface area contributed by atoms with E-state index in [0.717, 1.165) is 27.3 Å². The molecule has 11 heteroatoms. The van der Waals surface area contributed by atoms with E-state index in [0.29, 0.717) is 13.1 Å². The molecule has 2 aromatic carbocycles. The van der Waals surface area contributed by atoms with Gasteiger partial charge in [-0.2, -0.15) is 0 Å². The monoisotopic (exact) mass is 569 g/mol. The van der Waals surface area contributed by atoms with Gasteiger partial charge in [0.1, 0.15) is 18.2 Å². The molecule has 0 aromatic heterocycles. The van der Waals surface area contributed by atoms with Crippen LogP contribution in [0.2, 0.25) is 0 Å². The minimum absolute atomic E-state index is 0.0416. The second-order valence-electron chi connectivity index (χ2n) is 10.6. The van der Waals surface area contributed by atoms with E-state index in [1.165, 1.54) is 4.90 Å². The Kier molecular flexibility index (Phi) is 10.6. The molecule has 0 heterocycles. The lowest BCUT2D eigenvalue weighted by molar-refractivity contribution is -0.139. The van der Waals surface area contributed by atoms with Crippen molar-refractivity contribution in [1.82, 2.24) is 15.3 Å². The molecule has 0 radical (unpaired) electrons. The SMILES string of the molecule is CCN(CC)C(=O)ON(CCC[C@H](NC(=O)OCC1c2ccccc2-c2ccccc21)C(=O)O)C(=O)OC(C)(C)C. The van der Waals surface area contributed by atoms with E-state index < -0.39 is 35.9 Å². The molecule has 2 aromatic rings. The lowest BCUT2D eigenvalue weighted by atomic mass is 9.98. The molecule has 0 fully saturated rings. The molecule has 1 aliphatic rings. The van der Waals surface area contributed by atoms with Crippen molar-refractivity contribution in [1.29, 1.82) is 0 Å². The topological polar surface area (TPSA) is 135 Å². The number of nitrogens with one attached hydrogen (secondary N) is 1. The maximum atomic E-state index is 12.7. The fraction of sp³-hybridized carbons (Fsp3) is 0.467. The molecule has 1 aliphatic carbocycles. The summed E-state index contributed by atoms with van der Waals surface area (Å²) < 4.78 is 10.8. The number of hydrogen-bond acceptors (Lipinski definition) is 7. The smallest absolute Gasteiger partial charge is 0.443 e. The number of amides is 3. The number of carbonyl (C=O) groups is 4. The Morgan fingerprint density at radius 2 is 1.49 bits per heavy atom. The Morgan fingerprint density at radius 3 is 2.00 bits per heavy atom. The van der Waals surface area contributed by atoms with Gasteiger partial charge in [0.2, 0.25) is 0 Å². The average molecular weight is 570 g/mol. The zero-order chi connectivity index (χ0) is 30.2. The number of hydroxylamine groups is 2. The van der Waals surface area contributed by atoms with E-state index in [9.17, 15) is 24.3 Å². The van der Waals surface area contributed by atoms with Crippen molar-refractivity contribution < 1.29 is 38.6 Å². The highest BCUT2D eigenvalue weighted by Crippen LogP contribution is 2.44. The molecule has 0 unspecified atom stereocenters. The number of aliphatic carboxylic acids is 1. The summed E-state index contributed by atoms with van der Waals surface area (Å²) in [6.45, 7) is 9.23. The zero-order valence-electron chi connectivity index (χ0n) is 24.2. The maximum absolute atomic E-state index is 12.7. The van der Waals surface area contributed by atoms with Crippen LogP contribution >= 0.6 is 0 Å². The minimum atomic E-state index is -1.29. The van der Waals surface area contributed by atoms with E-state index >= 15 is 0 Å². The normalized spacial score (nSPS) is 12.9. The van der Waals surface area contributed by atoms with Gasteiger partial charge in [0.05, 0.1) is 6.54 Å². The van der Waals surface area contributed by atoms with Crippen molar-refractivity contribution in [3.05, 3.63) is 59.7 Å². The summed E-state index contributed by atoms with van der Waals surface area (Å²) >= 11 is 0. The van der Waals surface area contributed by atoms with Crippen molar-refractivity contribution in [2.45, 2.75) is 65.0 Å². The van der Waals surface area contributed by atoms with Crippen LogP contribution in [0.25, 0.3) is 11.1 Å². The van der Waals surface area contributed by atoms with E-state index in [2.05, 4.69) is 5.32 Å². The Labute approximate surface area is 240 Å². The fourth-order valence-corrected chi connectivity index (χ4v) is 4.60. The Balaban J connectivity index is 1.59. The van der Waals surface area contributed by atoms with Crippen LogP contribution in [0, 0.1) is 0 Å². The van der Waals surface area contributed by atoms with Gasteiger partial charge in [-0.15, -0.1) is 5.06 Å². The van der Waals surface area contributed by atoms with Gasteiger partial charge in [0.25, 0.3) is 0 Å². The molecule has 2 N–H and O–H groups in total. The minimum Gasteiger partial charge on any atom is -0.480 e. The molecule has 0 saturated carbocycles. The molecule has 0 aliphatic heterocycles. The van der Waals surface area contributed by atoms with Gasteiger partial charge in [-0.3, -0.25) is 0 Å². The second kappa shape index (κ2) is 13.9. The number of carboxylic acid groups (broad SMARTS) is 1. The number of fused-ring (bicyclic) bond motifs is 3. The van der Waals surface area contributed by atoms with Crippen molar-refractivity contribution in [2.24, 2.45) is 0 Å². The van der Waals surface area contributed by atoms with Crippen LogP contribution in [0.3, 0.4) is 0 Å².